The van der Waals surface area contributed by atoms with E-state index in [-0.39, 0.29) is 18.9 Å². The lowest BCUT2D eigenvalue weighted by molar-refractivity contribution is -0.130. The summed E-state index contributed by atoms with van der Waals surface area (Å²) in [6, 6.07) is 23.9. The number of hydrogen-bond acceptors (Lipinski definition) is 7. The van der Waals surface area contributed by atoms with Gasteiger partial charge in [0.25, 0.3) is 5.91 Å². The Bertz CT molecular complexity index is 1340. The third-order valence-corrected chi connectivity index (χ3v) is 6.58. The Balaban J connectivity index is 1.79. The summed E-state index contributed by atoms with van der Waals surface area (Å²) in [7, 11) is 0. The normalized spacial score (nSPS) is 17.9. The maximum absolute atomic E-state index is 14.1. The van der Waals surface area contributed by atoms with Crippen LogP contribution in [0.25, 0.3) is 10.4 Å². The number of unbranched alkanes of at least 4 members (excludes halogenated alkanes) is 1. The summed E-state index contributed by atoms with van der Waals surface area (Å²) in [6.07, 6.45) is 1.78. The fourth-order valence-corrected chi connectivity index (χ4v) is 4.53. The van der Waals surface area contributed by atoms with E-state index in [0.29, 0.717) is 48.0 Å². The average Bonchev–Trinajstić information content (AvgIpc) is 3.37. The highest BCUT2D eigenvalue weighted by molar-refractivity contribution is 6.01. The van der Waals surface area contributed by atoms with Gasteiger partial charge in [-0.3, -0.25) is 10.2 Å². The molecule has 1 amide bonds. The molecule has 1 aliphatic rings. The van der Waals surface area contributed by atoms with Crippen LogP contribution in [0.5, 0.6) is 5.75 Å². The molecular formula is C30H34N6O4. The van der Waals surface area contributed by atoms with Gasteiger partial charge in [0.2, 0.25) is 5.90 Å². The van der Waals surface area contributed by atoms with Crippen molar-refractivity contribution in [3.63, 3.8) is 0 Å². The molecule has 4 rings (SSSR count). The van der Waals surface area contributed by atoms with Crippen LogP contribution in [0.2, 0.25) is 0 Å². The molecule has 0 aromatic heterocycles. The first kappa shape index (κ1) is 28.6. The number of amides is 1. The number of nitrogens with one attached hydrogen (secondary N) is 2. The minimum Gasteiger partial charge on any atom is -0.494 e. The Morgan fingerprint density at radius 2 is 1.85 bits per heavy atom. The second-order valence-corrected chi connectivity index (χ2v) is 9.43. The molecule has 3 aromatic rings. The van der Waals surface area contributed by atoms with E-state index in [2.05, 4.69) is 27.8 Å². The number of aliphatic hydroxyl groups excluding tert-OH is 1. The summed E-state index contributed by atoms with van der Waals surface area (Å²) < 4.78 is 12.2. The Morgan fingerprint density at radius 1 is 1.10 bits per heavy atom. The summed E-state index contributed by atoms with van der Waals surface area (Å²) in [5.74, 6) is 0.587. The van der Waals surface area contributed by atoms with Crippen molar-refractivity contribution in [2.45, 2.75) is 44.2 Å². The molecule has 0 aliphatic carbocycles. The summed E-state index contributed by atoms with van der Waals surface area (Å²) in [4.78, 5) is 22.0. The molecule has 2 atom stereocenters. The number of hydrazine groups is 1. The van der Waals surface area contributed by atoms with Gasteiger partial charge in [-0.25, -0.2) is 10.4 Å². The van der Waals surface area contributed by atoms with Gasteiger partial charge in [0.1, 0.15) is 5.75 Å². The molecule has 10 nitrogen and oxygen atoms in total. The molecular weight excluding hydrogens is 508 g/mol. The predicted octanol–water partition coefficient (Wildman–Crippen LogP) is 5.31. The van der Waals surface area contributed by atoms with Gasteiger partial charge in [0.15, 0.2) is 11.6 Å². The Hall–Kier alpha value is -4.37. The standard InChI is InChI=1S/C30H34N6O4/c1-2-3-18-32-35-29(38)30(21-22-10-5-4-6-11-22)27(25-12-7-8-13-26(25)34-36-31)40-28(33-30)23-14-16-24(17-15-23)39-20-9-19-37/h4-8,10-17,27,32,37H,2-3,9,18-21H2,1H3,(H,35,38)/t27-,30-/m0/s1. The monoisotopic (exact) mass is 542 g/mol. The molecule has 0 spiro atoms. The molecule has 0 saturated heterocycles. The summed E-state index contributed by atoms with van der Waals surface area (Å²) in [5, 5.41) is 12.9. The van der Waals surface area contributed by atoms with E-state index in [9.17, 15) is 10.3 Å². The second kappa shape index (κ2) is 14.1. The number of nitrogens with zero attached hydrogens (tertiary/aromatic N) is 4. The van der Waals surface area contributed by atoms with Crippen LogP contribution in [0.15, 0.2) is 89.0 Å². The van der Waals surface area contributed by atoms with Crippen LogP contribution >= 0.6 is 0 Å². The van der Waals surface area contributed by atoms with Crippen LogP contribution in [0.3, 0.4) is 0 Å². The van der Waals surface area contributed by atoms with Crippen molar-refractivity contribution < 1.29 is 19.4 Å². The van der Waals surface area contributed by atoms with Crippen molar-refractivity contribution in [3.05, 3.63) is 106 Å². The zero-order valence-electron chi connectivity index (χ0n) is 22.5. The number of rotatable bonds is 14. The van der Waals surface area contributed by atoms with Gasteiger partial charge >= 0.3 is 0 Å². The maximum Gasteiger partial charge on any atom is 0.266 e. The van der Waals surface area contributed by atoms with Crippen molar-refractivity contribution in [2.24, 2.45) is 10.1 Å². The first-order valence-corrected chi connectivity index (χ1v) is 13.4. The Labute approximate surface area is 233 Å². The van der Waals surface area contributed by atoms with Gasteiger partial charge in [0.05, 0.1) is 6.61 Å². The highest BCUT2D eigenvalue weighted by atomic mass is 16.5. The zero-order chi connectivity index (χ0) is 28.2. The molecule has 0 unspecified atom stereocenters. The first-order valence-electron chi connectivity index (χ1n) is 13.4. The van der Waals surface area contributed by atoms with Gasteiger partial charge < -0.3 is 14.6 Å². The number of benzene rings is 3. The quantitative estimate of drug-likeness (QED) is 0.0832. The highest BCUT2D eigenvalue weighted by Gasteiger charge is 2.53. The van der Waals surface area contributed by atoms with Gasteiger partial charge in [-0.05, 0) is 41.8 Å². The van der Waals surface area contributed by atoms with Crippen molar-refractivity contribution in [1.29, 1.82) is 0 Å². The van der Waals surface area contributed by atoms with E-state index in [4.69, 9.17) is 19.6 Å². The number of aliphatic hydroxyl groups is 1. The summed E-state index contributed by atoms with van der Waals surface area (Å²) >= 11 is 0. The average molecular weight is 543 g/mol. The van der Waals surface area contributed by atoms with Gasteiger partial charge in [0, 0.05) is 47.7 Å². The van der Waals surface area contributed by atoms with E-state index in [1.807, 2.05) is 48.5 Å². The molecule has 0 saturated carbocycles. The van der Waals surface area contributed by atoms with Crippen molar-refractivity contribution in [2.75, 3.05) is 19.8 Å². The molecule has 0 radical (unpaired) electrons. The van der Waals surface area contributed by atoms with Crippen LogP contribution in [0.1, 0.15) is 49.0 Å². The third-order valence-electron chi connectivity index (χ3n) is 6.58. The van der Waals surface area contributed by atoms with Crippen LogP contribution in [-0.2, 0) is 16.0 Å². The molecule has 1 aliphatic heterocycles. The second-order valence-electron chi connectivity index (χ2n) is 9.43. The predicted molar refractivity (Wildman–Crippen MR) is 153 cm³/mol. The lowest BCUT2D eigenvalue weighted by Crippen LogP contribution is -2.54. The Kier molecular flexibility index (Phi) is 10.1. The minimum absolute atomic E-state index is 0.0559. The van der Waals surface area contributed by atoms with E-state index in [0.717, 1.165) is 18.4 Å². The maximum atomic E-state index is 14.1. The van der Waals surface area contributed by atoms with Crippen LogP contribution in [0, 0.1) is 0 Å². The molecule has 40 heavy (non-hydrogen) atoms. The van der Waals surface area contributed by atoms with Crippen LogP contribution < -0.4 is 15.6 Å². The molecule has 10 heteroatoms. The highest BCUT2D eigenvalue weighted by Crippen LogP contribution is 2.45. The summed E-state index contributed by atoms with van der Waals surface area (Å²) in [5.41, 5.74) is 16.2. The van der Waals surface area contributed by atoms with Crippen molar-refractivity contribution in [3.8, 4) is 5.75 Å². The molecule has 0 fully saturated rings. The van der Waals surface area contributed by atoms with Gasteiger partial charge in [-0.1, -0.05) is 73.1 Å². The fourth-order valence-electron chi connectivity index (χ4n) is 4.53. The van der Waals surface area contributed by atoms with E-state index in [1.165, 1.54) is 0 Å². The molecule has 208 valence electrons. The third kappa shape index (κ3) is 6.79. The number of carbonyl (C=O) groups is 1. The van der Waals surface area contributed by atoms with E-state index < -0.39 is 11.6 Å². The molecule has 0 bridgehead atoms. The number of hydrogen-bond donors (Lipinski definition) is 3. The van der Waals surface area contributed by atoms with Gasteiger partial charge in [-0.15, -0.1) is 0 Å². The van der Waals surface area contributed by atoms with Crippen molar-refractivity contribution >= 4 is 17.5 Å². The lowest BCUT2D eigenvalue weighted by atomic mass is 9.81. The Morgan fingerprint density at radius 3 is 2.58 bits per heavy atom. The van der Waals surface area contributed by atoms with Gasteiger partial charge in [-0.2, -0.15) is 0 Å². The number of ether oxygens (including phenoxy) is 2. The van der Waals surface area contributed by atoms with E-state index >= 15 is 0 Å². The van der Waals surface area contributed by atoms with Crippen molar-refractivity contribution in [1.82, 2.24) is 10.9 Å². The molecule has 3 N–H and O–H groups in total. The largest absolute Gasteiger partial charge is 0.494 e. The lowest BCUT2D eigenvalue weighted by Gasteiger charge is -2.31. The SMILES string of the molecule is CCCCNNC(=O)[C@@]1(Cc2ccccc2)N=C(c2ccc(OCCCO)cc2)O[C@H]1c1ccccc1N=[N+]=[N-]. The number of aliphatic imine (C=N–C) groups is 1. The minimum atomic E-state index is -1.41. The van der Waals surface area contributed by atoms with Crippen LogP contribution in [0.4, 0.5) is 5.69 Å². The zero-order valence-corrected chi connectivity index (χ0v) is 22.5. The molecule has 1 heterocycles. The van der Waals surface area contributed by atoms with E-state index in [1.54, 1.807) is 30.3 Å². The number of azide groups is 1. The fraction of sp³-hybridized carbons (Fsp3) is 0.333. The smallest absolute Gasteiger partial charge is 0.266 e. The first-order chi connectivity index (χ1) is 19.6. The van der Waals surface area contributed by atoms with Crippen LogP contribution in [-0.4, -0.2) is 42.2 Å². The molecule has 3 aromatic carbocycles. The topological polar surface area (TPSA) is 141 Å². The summed E-state index contributed by atoms with van der Waals surface area (Å²) in [6.45, 7) is 3.14. The number of carbonyl (C=O) groups excluding carboxylic acids is 1.